The summed E-state index contributed by atoms with van der Waals surface area (Å²) in [5.74, 6) is -0.688. The van der Waals surface area contributed by atoms with Crippen molar-refractivity contribution in [1.29, 1.82) is 0 Å². The molecule has 1 aliphatic heterocycles. The lowest BCUT2D eigenvalue weighted by molar-refractivity contribution is -0.137. The van der Waals surface area contributed by atoms with E-state index in [1.807, 2.05) is 0 Å². The molecule has 1 heterocycles. The first kappa shape index (κ1) is 12.4. The lowest BCUT2D eigenvalue weighted by Gasteiger charge is -2.03. The molecule has 1 aliphatic rings. The van der Waals surface area contributed by atoms with Crippen molar-refractivity contribution in [3.05, 3.63) is 41.5 Å². The second kappa shape index (κ2) is 5.04. The standard InChI is InChI=1S/C14H14O4/c1-3-17-13(15)11-6-4-10(5-7-11)12-8-9(2)18-14(12)16/h4-9H,3H2,1-2H3. The topological polar surface area (TPSA) is 52.6 Å². The van der Waals surface area contributed by atoms with Crippen LogP contribution in [-0.4, -0.2) is 24.6 Å². The lowest BCUT2D eigenvalue weighted by Crippen LogP contribution is -2.05. The van der Waals surface area contributed by atoms with Gasteiger partial charge in [-0.2, -0.15) is 0 Å². The summed E-state index contributed by atoms with van der Waals surface area (Å²) in [5.41, 5.74) is 1.76. The van der Waals surface area contributed by atoms with Crippen LogP contribution < -0.4 is 0 Å². The molecule has 0 N–H and O–H groups in total. The van der Waals surface area contributed by atoms with E-state index in [0.29, 0.717) is 17.7 Å². The molecule has 1 aromatic carbocycles. The SMILES string of the molecule is CCOC(=O)c1ccc(C2=CC(C)OC2=O)cc1. The third-order valence-electron chi connectivity index (χ3n) is 2.62. The van der Waals surface area contributed by atoms with Gasteiger partial charge in [-0.3, -0.25) is 0 Å². The number of ether oxygens (including phenoxy) is 2. The highest BCUT2D eigenvalue weighted by Gasteiger charge is 2.23. The van der Waals surface area contributed by atoms with Gasteiger partial charge in [-0.05, 0) is 37.6 Å². The van der Waals surface area contributed by atoms with Gasteiger partial charge in [0.25, 0.3) is 0 Å². The summed E-state index contributed by atoms with van der Waals surface area (Å²) < 4.78 is 9.91. The number of hydrogen-bond acceptors (Lipinski definition) is 4. The zero-order valence-electron chi connectivity index (χ0n) is 10.3. The van der Waals surface area contributed by atoms with Gasteiger partial charge < -0.3 is 9.47 Å². The summed E-state index contributed by atoms with van der Waals surface area (Å²) in [5, 5.41) is 0. The second-order valence-electron chi connectivity index (χ2n) is 3.99. The summed E-state index contributed by atoms with van der Waals surface area (Å²) in [7, 11) is 0. The minimum atomic E-state index is -0.361. The summed E-state index contributed by atoms with van der Waals surface area (Å²) in [6, 6.07) is 6.73. The Morgan fingerprint density at radius 2 is 2.00 bits per heavy atom. The van der Waals surface area contributed by atoms with Gasteiger partial charge in [0.15, 0.2) is 0 Å². The molecule has 0 bridgehead atoms. The molecule has 0 radical (unpaired) electrons. The fourth-order valence-corrected chi connectivity index (χ4v) is 1.78. The van der Waals surface area contributed by atoms with Gasteiger partial charge in [0.05, 0.1) is 17.7 Å². The second-order valence-corrected chi connectivity index (χ2v) is 3.99. The van der Waals surface area contributed by atoms with E-state index in [1.165, 1.54) is 0 Å². The highest BCUT2D eigenvalue weighted by Crippen LogP contribution is 2.24. The van der Waals surface area contributed by atoms with Crippen LogP contribution in [0.25, 0.3) is 5.57 Å². The van der Waals surface area contributed by atoms with Crippen LogP contribution >= 0.6 is 0 Å². The van der Waals surface area contributed by atoms with Crippen LogP contribution in [0.3, 0.4) is 0 Å². The molecule has 0 saturated heterocycles. The Morgan fingerprint density at radius 1 is 1.33 bits per heavy atom. The van der Waals surface area contributed by atoms with Crippen molar-refractivity contribution in [2.75, 3.05) is 6.61 Å². The molecule has 0 fully saturated rings. The first-order valence-corrected chi connectivity index (χ1v) is 5.82. The number of carbonyl (C=O) groups is 2. The Balaban J connectivity index is 2.20. The molecule has 4 heteroatoms. The molecular formula is C14H14O4. The molecule has 1 aromatic rings. The quantitative estimate of drug-likeness (QED) is 0.767. The first-order chi connectivity index (χ1) is 8.61. The van der Waals surface area contributed by atoms with Gasteiger partial charge in [-0.1, -0.05) is 12.1 Å². The van der Waals surface area contributed by atoms with Crippen molar-refractivity contribution in [2.24, 2.45) is 0 Å². The average molecular weight is 246 g/mol. The summed E-state index contributed by atoms with van der Waals surface area (Å²) in [6.45, 7) is 3.90. The van der Waals surface area contributed by atoms with Gasteiger partial charge in [0.1, 0.15) is 6.10 Å². The van der Waals surface area contributed by atoms with Gasteiger partial charge in [-0.25, -0.2) is 9.59 Å². The van der Waals surface area contributed by atoms with Crippen LogP contribution in [0, 0.1) is 0 Å². The van der Waals surface area contributed by atoms with E-state index in [9.17, 15) is 9.59 Å². The first-order valence-electron chi connectivity index (χ1n) is 5.82. The van der Waals surface area contributed by atoms with E-state index in [1.54, 1.807) is 44.2 Å². The number of esters is 2. The van der Waals surface area contributed by atoms with Crippen molar-refractivity contribution in [3.8, 4) is 0 Å². The molecule has 0 amide bonds. The van der Waals surface area contributed by atoms with Crippen molar-refractivity contribution in [2.45, 2.75) is 20.0 Å². The molecule has 0 aliphatic carbocycles. The fourth-order valence-electron chi connectivity index (χ4n) is 1.78. The number of carbonyl (C=O) groups excluding carboxylic acids is 2. The zero-order chi connectivity index (χ0) is 13.1. The maximum Gasteiger partial charge on any atom is 0.339 e. The monoisotopic (exact) mass is 246 g/mol. The predicted octanol–water partition coefficient (Wildman–Crippen LogP) is 2.19. The number of rotatable bonds is 3. The van der Waals surface area contributed by atoms with Crippen LogP contribution in [0.2, 0.25) is 0 Å². The van der Waals surface area contributed by atoms with Crippen molar-refractivity contribution < 1.29 is 19.1 Å². The zero-order valence-corrected chi connectivity index (χ0v) is 10.3. The van der Waals surface area contributed by atoms with Crippen molar-refractivity contribution in [1.82, 2.24) is 0 Å². The molecule has 0 aromatic heterocycles. The van der Waals surface area contributed by atoms with Crippen LogP contribution in [0.1, 0.15) is 29.8 Å². The maximum atomic E-state index is 11.5. The van der Waals surface area contributed by atoms with E-state index in [0.717, 1.165) is 5.56 Å². The summed E-state index contributed by atoms with van der Waals surface area (Å²) in [6.07, 6.45) is 1.57. The largest absolute Gasteiger partial charge is 0.462 e. The van der Waals surface area contributed by atoms with E-state index in [-0.39, 0.29) is 18.0 Å². The van der Waals surface area contributed by atoms with Crippen LogP contribution in [0.5, 0.6) is 0 Å². The van der Waals surface area contributed by atoms with Gasteiger partial charge in [0, 0.05) is 0 Å². The third kappa shape index (κ3) is 2.42. The fraction of sp³-hybridized carbons (Fsp3) is 0.286. The molecule has 1 unspecified atom stereocenters. The molecule has 18 heavy (non-hydrogen) atoms. The Labute approximate surface area is 105 Å². The van der Waals surface area contributed by atoms with Gasteiger partial charge >= 0.3 is 11.9 Å². The Bertz CT molecular complexity index is 499. The van der Waals surface area contributed by atoms with Crippen molar-refractivity contribution >= 4 is 17.5 Å². The van der Waals surface area contributed by atoms with Gasteiger partial charge in [-0.15, -0.1) is 0 Å². The predicted molar refractivity (Wildman–Crippen MR) is 65.9 cm³/mol. The number of cyclic esters (lactones) is 1. The molecule has 0 saturated carbocycles. The minimum absolute atomic E-state index is 0.197. The van der Waals surface area contributed by atoms with Crippen molar-refractivity contribution in [3.63, 3.8) is 0 Å². The summed E-state index contributed by atoms with van der Waals surface area (Å²) in [4.78, 5) is 23.0. The maximum absolute atomic E-state index is 11.5. The average Bonchev–Trinajstić information content (AvgIpc) is 2.69. The Kier molecular flexibility index (Phi) is 3.46. The molecular weight excluding hydrogens is 232 g/mol. The highest BCUT2D eigenvalue weighted by molar-refractivity contribution is 6.18. The van der Waals surface area contributed by atoms with Gasteiger partial charge in [0.2, 0.25) is 0 Å². The molecule has 2 rings (SSSR count). The third-order valence-corrected chi connectivity index (χ3v) is 2.62. The van der Waals surface area contributed by atoms with E-state index in [2.05, 4.69) is 0 Å². The van der Waals surface area contributed by atoms with Crippen LogP contribution in [0.4, 0.5) is 0 Å². The minimum Gasteiger partial charge on any atom is -0.462 e. The molecule has 4 nitrogen and oxygen atoms in total. The number of benzene rings is 1. The lowest BCUT2D eigenvalue weighted by atomic mass is 10.0. The van der Waals surface area contributed by atoms with Crippen LogP contribution in [-0.2, 0) is 14.3 Å². The molecule has 0 spiro atoms. The summed E-state index contributed by atoms with van der Waals surface area (Å²) >= 11 is 0. The van der Waals surface area contributed by atoms with E-state index >= 15 is 0 Å². The van der Waals surface area contributed by atoms with E-state index in [4.69, 9.17) is 9.47 Å². The molecule has 94 valence electrons. The van der Waals surface area contributed by atoms with Crippen LogP contribution in [0.15, 0.2) is 30.3 Å². The Morgan fingerprint density at radius 3 is 2.50 bits per heavy atom. The molecule has 1 atom stereocenters. The number of hydrogen-bond donors (Lipinski definition) is 0. The normalized spacial score (nSPS) is 18.2. The van der Waals surface area contributed by atoms with E-state index < -0.39 is 0 Å². The Hall–Kier alpha value is -2.10. The smallest absolute Gasteiger partial charge is 0.339 e. The highest BCUT2D eigenvalue weighted by atomic mass is 16.5.